The number of nitrogens with one attached hydrogen (secondary N) is 1. The van der Waals surface area contributed by atoms with Gasteiger partial charge < -0.3 is 14.8 Å². The fraction of sp³-hybridized carbons (Fsp3) is 0.130. The SMILES string of the molecule is CCOC(=O)/C=C/c1ccc(C(=O)Nc2cc(-c3ccc(OC(F)(F)F)cc3)cs2)cc1. The first kappa shape index (κ1) is 23.1. The Bertz CT molecular complexity index is 1100. The van der Waals surface area contributed by atoms with E-state index in [9.17, 15) is 22.8 Å². The molecule has 3 aromatic rings. The highest BCUT2D eigenvalue weighted by molar-refractivity contribution is 7.14. The van der Waals surface area contributed by atoms with Crippen LogP contribution in [0.3, 0.4) is 0 Å². The normalized spacial score (nSPS) is 11.4. The second-order valence-corrected chi connectivity index (χ2v) is 7.34. The number of benzene rings is 2. The van der Waals surface area contributed by atoms with Gasteiger partial charge in [-0.1, -0.05) is 24.3 Å². The van der Waals surface area contributed by atoms with Crippen molar-refractivity contribution in [2.45, 2.75) is 13.3 Å². The first-order valence-electron chi connectivity index (χ1n) is 9.44. The molecule has 32 heavy (non-hydrogen) atoms. The van der Waals surface area contributed by atoms with Crippen molar-refractivity contribution in [3.8, 4) is 16.9 Å². The highest BCUT2D eigenvalue weighted by Crippen LogP contribution is 2.31. The Labute approximate surface area is 186 Å². The molecule has 0 aliphatic rings. The molecule has 1 N–H and O–H groups in total. The van der Waals surface area contributed by atoms with Crippen LogP contribution in [0.25, 0.3) is 17.2 Å². The maximum Gasteiger partial charge on any atom is 0.573 e. The van der Waals surface area contributed by atoms with Crippen LogP contribution in [0.2, 0.25) is 0 Å². The Morgan fingerprint density at radius 1 is 1.03 bits per heavy atom. The second kappa shape index (κ2) is 10.1. The molecule has 0 aliphatic carbocycles. The number of carbonyl (C=O) groups excluding carboxylic acids is 2. The first-order valence-corrected chi connectivity index (χ1v) is 10.3. The van der Waals surface area contributed by atoms with E-state index < -0.39 is 12.3 Å². The number of amides is 1. The largest absolute Gasteiger partial charge is 0.573 e. The van der Waals surface area contributed by atoms with Crippen LogP contribution in [-0.2, 0) is 9.53 Å². The maximum atomic E-state index is 12.5. The van der Waals surface area contributed by atoms with Gasteiger partial charge in [0.25, 0.3) is 5.91 Å². The summed E-state index contributed by atoms with van der Waals surface area (Å²) in [6.45, 7) is 2.02. The van der Waals surface area contributed by atoms with Crippen LogP contribution in [0.15, 0.2) is 66.1 Å². The molecule has 0 bridgehead atoms. The van der Waals surface area contributed by atoms with Crippen molar-refractivity contribution in [1.29, 1.82) is 0 Å². The number of rotatable bonds is 7. The summed E-state index contributed by atoms with van der Waals surface area (Å²) in [5, 5.41) is 5.17. The topological polar surface area (TPSA) is 64.6 Å². The molecular formula is C23H18F3NO4S. The number of carbonyl (C=O) groups is 2. The van der Waals surface area contributed by atoms with E-state index in [2.05, 4.69) is 10.1 Å². The number of hydrogen-bond acceptors (Lipinski definition) is 5. The standard InChI is InChI=1S/C23H18F3NO4S/c1-2-30-21(28)12-5-15-3-6-17(7-4-15)22(29)27-20-13-18(14-32-20)16-8-10-19(11-9-16)31-23(24,25)26/h3-14H,2H2,1H3,(H,27,29)/b12-5+. The molecule has 0 spiro atoms. The minimum Gasteiger partial charge on any atom is -0.463 e. The van der Waals surface area contributed by atoms with Gasteiger partial charge in [0.1, 0.15) is 5.75 Å². The molecule has 1 heterocycles. The second-order valence-electron chi connectivity index (χ2n) is 6.43. The summed E-state index contributed by atoms with van der Waals surface area (Å²) >= 11 is 1.29. The lowest BCUT2D eigenvalue weighted by atomic mass is 10.1. The van der Waals surface area contributed by atoms with E-state index in [-0.39, 0.29) is 11.7 Å². The van der Waals surface area contributed by atoms with E-state index >= 15 is 0 Å². The van der Waals surface area contributed by atoms with Gasteiger partial charge in [-0.3, -0.25) is 4.79 Å². The molecule has 0 unspecified atom stereocenters. The van der Waals surface area contributed by atoms with E-state index in [4.69, 9.17) is 4.74 Å². The fourth-order valence-corrected chi connectivity index (χ4v) is 3.49. The summed E-state index contributed by atoms with van der Waals surface area (Å²) in [7, 11) is 0. The van der Waals surface area contributed by atoms with Gasteiger partial charge in [-0.15, -0.1) is 24.5 Å². The average molecular weight is 461 g/mol. The molecular weight excluding hydrogens is 443 g/mol. The van der Waals surface area contributed by atoms with Crippen molar-refractivity contribution in [1.82, 2.24) is 0 Å². The number of hydrogen-bond donors (Lipinski definition) is 1. The Morgan fingerprint density at radius 2 is 1.72 bits per heavy atom. The number of alkyl halides is 3. The van der Waals surface area contributed by atoms with Crippen molar-refractivity contribution in [3.05, 3.63) is 77.2 Å². The fourth-order valence-electron chi connectivity index (χ4n) is 2.69. The molecule has 0 saturated heterocycles. The molecule has 166 valence electrons. The molecule has 5 nitrogen and oxygen atoms in total. The van der Waals surface area contributed by atoms with Crippen LogP contribution in [-0.4, -0.2) is 24.8 Å². The van der Waals surface area contributed by atoms with E-state index in [1.165, 1.54) is 41.7 Å². The summed E-state index contributed by atoms with van der Waals surface area (Å²) in [5.41, 5.74) is 2.62. The zero-order chi connectivity index (χ0) is 23.1. The highest BCUT2D eigenvalue weighted by Gasteiger charge is 2.30. The van der Waals surface area contributed by atoms with Crippen LogP contribution < -0.4 is 10.1 Å². The molecule has 9 heteroatoms. The lowest BCUT2D eigenvalue weighted by Gasteiger charge is -2.08. The molecule has 0 radical (unpaired) electrons. The number of ether oxygens (including phenoxy) is 2. The zero-order valence-corrected chi connectivity index (χ0v) is 17.6. The highest BCUT2D eigenvalue weighted by atomic mass is 32.1. The molecule has 1 aromatic heterocycles. The molecule has 3 rings (SSSR count). The molecule has 0 fully saturated rings. The Balaban J connectivity index is 1.61. The number of halogens is 3. The number of esters is 1. The third-order valence-corrected chi connectivity index (χ3v) is 4.97. The third kappa shape index (κ3) is 6.71. The van der Waals surface area contributed by atoms with Crippen molar-refractivity contribution < 1.29 is 32.2 Å². The Hall–Kier alpha value is -3.59. The van der Waals surface area contributed by atoms with E-state index in [0.717, 1.165) is 11.1 Å². The van der Waals surface area contributed by atoms with E-state index in [1.54, 1.807) is 48.7 Å². The van der Waals surface area contributed by atoms with Crippen molar-refractivity contribution in [2.24, 2.45) is 0 Å². The van der Waals surface area contributed by atoms with Gasteiger partial charge in [0.05, 0.1) is 11.6 Å². The van der Waals surface area contributed by atoms with Gasteiger partial charge in [-0.25, -0.2) is 4.79 Å². The minimum absolute atomic E-state index is 0.296. The summed E-state index contributed by atoms with van der Waals surface area (Å²) in [4.78, 5) is 23.8. The van der Waals surface area contributed by atoms with Gasteiger partial charge in [0, 0.05) is 17.0 Å². The predicted octanol–water partition coefficient (Wildman–Crippen LogP) is 6.14. The Kier molecular flexibility index (Phi) is 7.32. The van der Waals surface area contributed by atoms with Crippen LogP contribution in [0.4, 0.5) is 18.2 Å². The molecule has 0 atom stereocenters. The maximum absolute atomic E-state index is 12.5. The predicted molar refractivity (Wildman–Crippen MR) is 117 cm³/mol. The number of thiophene rings is 1. The van der Waals surface area contributed by atoms with Crippen molar-refractivity contribution >= 4 is 34.3 Å². The van der Waals surface area contributed by atoms with E-state index in [1.807, 2.05) is 0 Å². The summed E-state index contributed by atoms with van der Waals surface area (Å²) in [6.07, 6.45) is -1.83. The minimum atomic E-state index is -4.74. The van der Waals surface area contributed by atoms with E-state index in [0.29, 0.717) is 22.7 Å². The molecule has 0 aliphatic heterocycles. The average Bonchev–Trinajstić information content (AvgIpc) is 3.20. The lowest BCUT2D eigenvalue weighted by molar-refractivity contribution is -0.274. The summed E-state index contributed by atoms with van der Waals surface area (Å²) < 4.78 is 45.5. The van der Waals surface area contributed by atoms with Gasteiger partial charge in [0.15, 0.2) is 0 Å². The quantitative estimate of drug-likeness (QED) is 0.339. The van der Waals surface area contributed by atoms with Crippen LogP contribution >= 0.6 is 11.3 Å². The van der Waals surface area contributed by atoms with Crippen molar-refractivity contribution in [2.75, 3.05) is 11.9 Å². The molecule has 2 aromatic carbocycles. The smallest absolute Gasteiger partial charge is 0.463 e. The van der Waals surface area contributed by atoms with Gasteiger partial charge in [0.2, 0.25) is 0 Å². The Morgan fingerprint density at radius 3 is 2.34 bits per heavy atom. The zero-order valence-electron chi connectivity index (χ0n) is 16.8. The van der Waals surface area contributed by atoms with Crippen LogP contribution in [0.5, 0.6) is 5.75 Å². The molecule has 1 amide bonds. The van der Waals surface area contributed by atoms with Crippen LogP contribution in [0, 0.1) is 0 Å². The molecule has 0 saturated carbocycles. The van der Waals surface area contributed by atoms with Gasteiger partial charge in [-0.2, -0.15) is 0 Å². The monoisotopic (exact) mass is 461 g/mol. The number of anilines is 1. The van der Waals surface area contributed by atoms with Crippen LogP contribution in [0.1, 0.15) is 22.8 Å². The third-order valence-electron chi connectivity index (χ3n) is 4.13. The first-order chi connectivity index (χ1) is 15.2. The van der Waals surface area contributed by atoms with Crippen molar-refractivity contribution in [3.63, 3.8) is 0 Å². The lowest BCUT2D eigenvalue weighted by Crippen LogP contribution is -2.16. The van der Waals surface area contributed by atoms with Gasteiger partial charge >= 0.3 is 12.3 Å². The summed E-state index contributed by atoms with van der Waals surface area (Å²) in [5.74, 6) is -1.05. The summed E-state index contributed by atoms with van der Waals surface area (Å²) in [6, 6.07) is 13.9. The van der Waals surface area contributed by atoms with Gasteiger partial charge in [-0.05, 0) is 60.0 Å².